The van der Waals surface area contributed by atoms with E-state index in [1.807, 2.05) is 13.8 Å². The first-order valence-electron chi connectivity index (χ1n) is 7.68. The van der Waals surface area contributed by atoms with Gasteiger partial charge >= 0.3 is 0 Å². The van der Waals surface area contributed by atoms with Crippen molar-refractivity contribution in [2.45, 2.75) is 45.2 Å². The minimum Gasteiger partial charge on any atom is -0.392 e. The zero-order valence-corrected chi connectivity index (χ0v) is 13.8. The van der Waals surface area contributed by atoms with E-state index in [2.05, 4.69) is 23.8 Å². The maximum Gasteiger partial charge on any atom is 0.153 e. The monoisotopic (exact) mass is 316 g/mol. The largest absolute Gasteiger partial charge is 0.392 e. The number of aliphatic hydroxyl groups is 4. The van der Waals surface area contributed by atoms with Gasteiger partial charge in [-0.25, -0.2) is 0 Å². The Morgan fingerprint density at radius 1 is 0.864 bits per heavy atom. The predicted molar refractivity (Wildman–Crippen MR) is 88.3 cm³/mol. The molecule has 0 heterocycles. The molecule has 0 radical (unpaired) electrons. The summed E-state index contributed by atoms with van der Waals surface area (Å²) in [7, 11) is 0. The van der Waals surface area contributed by atoms with Crippen molar-refractivity contribution in [1.29, 1.82) is 0 Å². The van der Waals surface area contributed by atoms with Gasteiger partial charge in [-0.3, -0.25) is 0 Å². The molecular formula is C16H32N2O4. The van der Waals surface area contributed by atoms with Crippen LogP contribution in [0.5, 0.6) is 0 Å². The molecule has 6 N–H and O–H groups in total. The lowest BCUT2D eigenvalue weighted by Crippen LogP contribution is -2.36. The number of hydrogen-bond acceptors (Lipinski definition) is 6. The van der Waals surface area contributed by atoms with E-state index in [4.69, 9.17) is 10.2 Å². The Hall–Kier alpha value is -0.760. The molecule has 0 rings (SSSR count). The zero-order chi connectivity index (χ0) is 17.1. The SMILES string of the molecule is C=C(C)C(O)CC(CNCCNCC(O)CC(O)O)C(=C)C. The zero-order valence-electron chi connectivity index (χ0n) is 13.8. The second-order valence-corrected chi connectivity index (χ2v) is 5.92. The topological polar surface area (TPSA) is 105 Å². The van der Waals surface area contributed by atoms with Crippen LogP contribution < -0.4 is 10.6 Å². The van der Waals surface area contributed by atoms with Crippen LogP contribution in [0.3, 0.4) is 0 Å². The van der Waals surface area contributed by atoms with Gasteiger partial charge in [-0.2, -0.15) is 0 Å². The molecule has 6 nitrogen and oxygen atoms in total. The van der Waals surface area contributed by atoms with Crippen molar-refractivity contribution in [1.82, 2.24) is 10.6 Å². The normalized spacial score (nSPS) is 15.6. The molecule has 0 aliphatic rings. The molecule has 0 aromatic rings. The Morgan fingerprint density at radius 3 is 1.86 bits per heavy atom. The molecule has 0 saturated carbocycles. The summed E-state index contributed by atoms with van der Waals surface area (Å²) < 4.78 is 0. The number of nitrogens with one attached hydrogen (secondary N) is 2. The molecule has 0 bridgehead atoms. The highest BCUT2D eigenvalue weighted by Gasteiger charge is 2.15. The van der Waals surface area contributed by atoms with Gasteiger partial charge in [-0.15, -0.1) is 0 Å². The van der Waals surface area contributed by atoms with E-state index in [9.17, 15) is 10.2 Å². The van der Waals surface area contributed by atoms with Gasteiger partial charge in [0.25, 0.3) is 0 Å². The minimum atomic E-state index is -1.48. The molecule has 6 heteroatoms. The van der Waals surface area contributed by atoms with E-state index in [-0.39, 0.29) is 12.3 Å². The Bertz CT molecular complexity index is 334. The second-order valence-electron chi connectivity index (χ2n) is 5.92. The highest BCUT2D eigenvalue weighted by molar-refractivity contribution is 5.04. The van der Waals surface area contributed by atoms with E-state index >= 15 is 0 Å². The molecule has 22 heavy (non-hydrogen) atoms. The molecule has 0 aliphatic heterocycles. The molecule has 0 amide bonds. The van der Waals surface area contributed by atoms with E-state index < -0.39 is 18.5 Å². The Labute approximate surface area is 133 Å². The van der Waals surface area contributed by atoms with Crippen LogP contribution in [-0.2, 0) is 0 Å². The molecule has 0 aliphatic carbocycles. The number of aliphatic hydroxyl groups excluding tert-OH is 3. The van der Waals surface area contributed by atoms with Crippen LogP contribution in [0, 0.1) is 5.92 Å². The summed E-state index contributed by atoms with van der Waals surface area (Å²) in [4.78, 5) is 0. The summed E-state index contributed by atoms with van der Waals surface area (Å²) in [5, 5.41) is 43.0. The molecule has 0 fully saturated rings. The van der Waals surface area contributed by atoms with Crippen molar-refractivity contribution in [2.75, 3.05) is 26.2 Å². The van der Waals surface area contributed by atoms with Gasteiger partial charge < -0.3 is 31.1 Å². The van der Waals surface area contributed by atoms with E-state index in [0.29, 0.717) is 26.1 Å². The fourth-order valence-corrected chi connectivity index (χ4v) is 1.98. The lowest BCUT2D eigenvalue weighted by Gasteiger charge is -2.21. The molecule has 3 atom stereocenters. The maximum absolute atomic E-state index is 9.87. The molecule has 130 valence electrons. The van der Waals surface area contributed by atoms with Crippen LogP contribution in [0.25, 0.3) is 0 Å². The van der Waals surface area contributed by atoms with E-state index in [1.165, 1.54) is 0 Å². The summed E-state index contributed by atoms with van der Waals surface area (Å²) in [6, 6.07) is 0. The first-order chi connectivity index (χ1) is 10.2. The van der Waals surface area contributed by atoms with Crippen molar-refractivity contribution in [3.8, 4) is 0 Å². The fraction of sp³-hybridized carbons (Fsp3) is 0.750. The maximum atomic E-state index is 9.87. The van der Waals surface area contributed by atoms with Crippen LogP contribution in [0.15, 0.2) is 24.3 Å². The molecule has 0 aromatic heterocycles. The molecule has 0 saturated heterocycles. The van der Waals surface area contributed by atoms with Crippen molar-refractivity contribution >= 4 is 0 Å². The smallest absolute Gasteiger partial charge is 0.153 e. The van der Waals surface area contributed by atoms with Crippen molar-refractivity contribution in [3.05, 3.63) is 24.3 Å². The van der Waals surface area contributed by atoms with Crippen LogP contribution in [0.1, 0.15) is 26.7 Å². The number of hydrogen-bond donors (Lipinski definition) is 6. The molecule has 0 spiro atoms. The van der Waals surface area contributed by atoms with Gasteiger partial charge in [0.15, 0.2) is 6.29 Å². The van der Waals surface area contributed by atoms with Crippen LogP contribution in [0.4, 0.5) is 0 Å². The van der Waals surface area contributed by atoms with E-state index in [0.717, 1.165) is 17.7 Å². The summed E-state index contributed by atoms with van der Waals surface area (Å²) in [6.07, 6.45) is -2.21. The lowest BCUT2D eigenvalue weighted by atomic mass is 9.92. The van der Waals surface area contributed by atoms with Gasteiger partial charge in [0, 0.05) is 32.6 Å². The second kappa shape index (κ2) is 11.8. The van der Waals surface area contributed by atoms with Crippen molar-refractivity contribution in [3.63, 3.8) is 0 Å². The third-order valence-electron chi connectivity index (χ3n) is 3.51. The van der Waals surface area contributed by atoms with Gasteiger partial charge in [0.2, 0.25) is 0 Å². The Kier molecular flexibility index (Phi) is 11.4. The predicted octanol–water partition coefficient (Wildman–Crippen LogP) is -0.253. The third kappa shape index (κ3) is 10.9. The van der Waals surface area contributed by atoms with Gasteiger partial charge in [0.1, 0.15) is 0 Å². The molecule has 3 unspecified atom stereocenters. The molecular weight excluding hydrogens is 284 g/mol. The fourth-order valence-electron chi connectivity index (χ4n) is 1.98. The lowest BCUT2D eigenvalue weighted by molar-refractivity contribution is -0.0690. The van der Waals surface area contributed by atoms with Gasteiger partial charge in [0.05, 0.1) is 12.2 Å². The first kappa shape index (κ1) is 21.2. The highest BCUT2D eigenvalue weighted by atomic mass is 16.5. The van der Waals surface area contributed by atoms with Crippen LogP contribution in [0.2, 0.25) is 0 Å². The standard InChI is InChI=1S/C16H32N2O4/c1-11(2)13(7-15(20)12(3)4)9-17-5-6-18-10-14(19)8-16(21)22/h13-22H,1,3,5-10H2,2,4H3. The summed E-state index contributed by atoms with van der Waals surface area (Å²) in [5.74, 6) is 0.182. The van der Waals surface area contributed by atoms with Crippen molar-refractivity contribution in [2.24, 2.45) is 5.92 Å². The quantitative estimate of drug-likeness (QED) is 0.159. The third-order valence-corrected chi connectivity index (χ3v) is 3.51. The number of rotatable bonds is 13. The Balaban J connectivity index is 3.82. The summed E-state index contributed by atoms with van der Waals surface area (Å²) in [6.45, 7) is 13.9. The van der Waals surface area contributed by atoms with Gasteiger partial charge in [-0.1, -0.05) is 24.3 Å². The summed E-state index contributed by atoms with van der Waals surface area (Å²) in [5.41, 5.74) is 1.78. The van der Waals surface area contributed by atoms with Crippen LogP contribution >= 0.6 is 0 Å². The average Bonchev–Trinajstić information content (AvgIpc) is 2.39. The van der Waals surface area contributed by atoms with Crippen LogP contribution in [-0.4, -0.2) is 65.1 Å². The summed E-state index contributed by atoms with van der Waals surface area (Å²) >= 11 is 0. The van der Waals surface area contributed by atoms with E-state index in [1.54, 1.807) is 0 Å². The average molecular weight is 316 g/mol. The van der Waals surface area contributed by atoms with Crippen molar-refractivity contribution < 1.29 is 20.4 Å². The first-order valence-corrected chi connectivity index (χ1v) is 7.68. The minimum absolute atomic E-state index is 0.0586. The highest BCUT2D eigenvalue weighted by Crippen LogP contribution is 2.17. The van der Waals surface area contributed by atoms with Gasteiger partial charge in [-0.05, 0) is 26.2 Å². The molecule has 0 aromatic carbocycles. The Morgan fingerprint density at radius 2 is 1.41 bits per heavy atom.